The van der Waals surface area contributed by atoms with Crippen LogP contribution in [0.1, 0.15) is 39.8 Å². The Morgan fingerprint density at radius 2 is 1.90 bits per heavy atom. The topological polar surface area (TPSA) is 84.2 Å². The first-order valence-electron chi connectivity index (χ1n) is 9.13. The van der Waals surface area contributed by atoms with Crippen LogP contribution in [0.4, 0.5) is 10.1 Å². The second kappa shape index (κ2) is 9.28. The second-order valence-electron chi connectivity index (χ2n) is 6.46. The number of rotatable bonds is 6. The van der Waals surface area contributed by atoms with Crippen molar-refractivity contribution in [3.63, 3.8) is 0 Å². The Kier molecular flexibility index (Phi) is 6.74. The van der Waals surface area contributed by atoms with Crippen molar-refractivity contribution in [2.24, 2.45) is 0 Å². The fraction of sp³-hybridized carbons (Fsp3) is 0.190. The van der Waals surface area contributed by atoms with E-state index in [2.05, 4.69) is 15.8 Å². The van der Waals surface area contributed by atoms with E-state index in [0.29, 0.717) is 17.8 Å². The number of amides is 2. The fourth-order valence-corrected chi connectivity index (χ4v) is 3.36. The summed E-state index contributed by atoms with van der Waals surface area (Å²) in [4.78, 5) is 25.0. The summed E-state index contributed by atoms with van der Waals surface area (Å²) in [5.74, 6) is -1.31. The number of aryl methyl sites for hydroxylation is 1. The van der Waals surface area contributed by atoms with Crippen LogP contribution in [-0.2, 0) is 0 Å². The first-order valence-corrected chi connectivity index (χ1v) is 9.88. The third-order valence-electron chi connectivity index (χ3n) is 4.30. The summed E-state index contributed by atoms with van der Waals surface area (Å²) < 4.78 is 19.4. The molecule has 0 atom stereocenters. The van der Waals surface area contributed by atoms with E-state index < -0.39 is 11.7 Å². The number of hydrogen-bond acceptors (Lipinski definition) is 4. The zero-order valence-electron chi connectivity index (χ0n) is 16.2. The Bertz CT molecular complexity index is 1090. The lowest BCUT2D eigenvalue weighted by molar-refractivity contribution is 0.0953. The average molecular weight is 450 g/mol. The summed E-state index contributed by atoms with van der Waals surface area (Å²) in [5.41, 5.74) is 0.658. The van der Waals surface area contributed by atoms with E-state index in [1.54, 1.807) is 6.07 Å². The monoisotopic (exact) mass is 449 g/mol. The molecule has 1 aromatic heterocycles. The Hall–Kier alpha value is -2.90. The normalized spacial score (nSPS) is 10.7. The predicted octanol–water partition coefficient (Wildman–Crippen LogP) is 5.49. The fourth-order valence-electron chi connectivity index (χ4n) is 2.84. The molecule has 3 rings (SSSR count). The largest absolute Gasteiger partial charge is 0.360 e. The van der Waals surface area contributed by atoms with E-state index in [1.807, 2.05) is 6.92 Å². The molecule has 0 unspecified atom stereocenters. The van der Waals surface area contributed by atoms with Crippen LogP contribution in [0.2, 0.25) is 10.0 Å². The summed E-state index contributed by atoms with van der Waals surface area (Å²) in [5, 5.41) is 9.50. The van der Waals surface area contributed by atoms with Crippen LogP contribution in [-0.4, -0.2) is 23.5 Å². The van der Waals surface area contributed by atoms with E-state index in [1.165, 1.54) is 37.3 Å². The molecular weight excluding hydrogens is 432 g/mol. The van der Waals surface area contributed by atoms with Gasteiger partial charge in [-0.25, -0.2) is 4.39 Å². The molecule has 2 amide bonds. The van der Waals surface area contributed by atoms with Gasteiger partial charge in [-0.15, -0.1) is 0 Å². The molecule has 0 spiro atoms. The van der Waals surface area contributed by atoms with Gasteiger partial charge in [0.2, 0.25) is 0 Å². The van der Waals surface area contributed by atoms with Crippen LogP contribution < -0.4 is 10.6 Å². The number of anilines is 1. The highest BCUT2D eigenvalue weighted by Gasteiger charge is 2.25. The first-order chi connectivity index (χ1) is 14.3. The van der Waals surface area contributed by atoms with Gasteiger partial charge in [-0.1, -0.05) is 41.3 Å². The van der Waals surface area contributed by atoms with E-state index in [-0.39, 0.29) is 38.5 Å². The number of nitrogens with one attached hydrogen (secondary N) is 2. The second-order valence-corrected chi connectivity index (χ2v) is 7.28. The highest BCUT2D eigenvalue weighted by Crippen LogP contribution is 2.34. The van der Waals surface area contributed by atoms with Gasteiger partial charge in [0.1, 0.15) is 22.8 Å². The molecule has 0 aliphatic heterocycles. The van der Waals surface area contributed by atoms with Gasteiger partial charge in [0.15, 0.2) is 0 Å². The molecular formula is C21H18Cl2FN3O3. The number of nitrogens with zero attached hydrogens (tertiary/aromatic N) is 1. The summed E-state index contributed by atoms with van der Waals surface area (Å²) in [6.07, 6.45) is 0.796. The maximum atomic E-state index is 14.3. The average Bonchev–Trinajstić information content (AvgIpc) is 3.07. The van der Waals surface area contributed by atoms with Crippen LogP contribution in [0, 0.1) is 12.7 Å². The van der Waals surface area contributed by atoms with Gasteiger partial charge < -0.3 is 15.2 Å². The summed E-state index contributed by atoms with van der Waals surface area (Å²) >= 11 is 12.3. The highest BCUT2D eigenvalue weighted by molar-refractivity contribution is 6.34. The van der Waals surface area contributed by atoms with E-state index >= 15 is 0 Å². The molecule has 2 aromatic carbocycles. The SMILES string of the molecule is CCCNC(=O)c1ccc(NC(=O)c2c(-c3c(F)cccc3Cl)noc2C)cc1Cl. The lowest BCUT2D eigenvalue weighted by atomic mass is 10.0. The summed E-state index contributed by atoms with van der Waals surface area (Å²) in [6, 6.07) is 8.68. The molecule has 9 heteroatoms. The molecule has 156 valence electrons. The van der Waals surface area contributed by atoms with Crippen LogP contribution in [0.3, 0.4) is 0 Å². The van der Waals surface area contributed by atoms with Gasteiger partial charge in [-0.2, -0.15) is 0 Å². The van der Waals surface area contributed by atoms with Gasteiger partial charge in [-0.05, 0) is 43.7 Å². The standard InChI is InChI=1S/C21H18Cl2FN3O3/c1-3-9-25-20(28)13-8-7-12(10-15(13)23)26-21(29)17-11(2)30-27-19(17)18-14(22)5-4-6-16(18)24/h4-8,10H,3,9H2,1-2H3,(H,25,28)(H,26,29). The van der Waals surface area contributed by atoms with Crippen molar-refractivity contribution in [3.8, 4) is 11.3 Å². The Morgan fingerprint density at radius 3 is 2.57 bits per heavy atom. The van der Waals surface area contributed by atoms with Gasteiger partial charge in [0, 0.05) is 12.2 Å². The van der Waals surface area contributed by atoms with Crippen LogP contribution in [0.25, 0.3) is 11.3 Å². The van der Waals surface area contributed by atoms with Gasteiger partial charge >= 0.3 is 0 Å². The highest BCUT2D eigenvalue weighted by atomic mass is 35.5. The van der Waals surface area contributed by atoms with Gasteiger partial charge in [-0.3, -0.25) is 9.59 Å². The quantitative estimate of drug-likeness (QED) is 0.520. The van der Waals surface area contributed by atoms with Crippen molar-refractivity contribution in [2.75, 3.05) is 11.9 Å². The van der Waals surface area contributed by atoms with Crippen molar-refractivity contribution >= 4 is 40.7 Å². The Morgan fingerprint density at radius 1 is 1.13 bits per heavy atom. The molecule has 0 fully saturated rings. The van der Waals surface area contributed by atoms with Gasteiger partial charge in [0.25, 0.3) is 11.8 Å². The van der Waals surface area contributed by atoms with E-state index in [9.17, 15) is 14.0 Å². The molecule has 0 bridgehead atoms. The molecule has 30 heavy (non-hydrogen) atoms. The number of aromatic nitrogens is 1. The molecule has 0 aliphatic carbocycles. The van der Waals surface area contributed by atoms with Crippen LogP contribution >= 0.6 is 23.2 Å². The van der Waals surface area contributed by atoms with E-state index in [0.717, 1.165) is 6.42 Å². The molecule has 0 aliphatic rings. The van der Waals surface area contributed by atoms with Crippen LogP contribution in [0.5, 0.6) is 0 Å². The van der Waals surface area contributed by atoms with Gasteiger partial charge in [0.05, 0.1) is 21.2 Å². The third kappa shape index (κ3) is 4.47. The summed E-state index contributed by atoms with van der Waals surface area (Å²) in [7, 11) is 0. The zero-order chi connectivity index (χ0) is 21.8. The summed E-state index contributed by atoms with van der Waals surface area (Å²) in [6.45, 7) is 4.01. The van der Waals surface area contributed by atoms with Crippen molar-refractivity contribution in [2.45, 2.75) is 20.3 Å². The van der Waals surface area contributed by atoms with Crippen molar-refractivity contribution in [1.82, 2.24) is 10.5 Å². The molecule has 1 heterocycles. The number of hydrogen-bond donors (Lipinski definition) is 2. The number of carbonyl (C=O) groups is 2. The first kappa shape index (κ1) is 21.8. The Balaban J connectivity index is 1.88. The van der Waals surface area contributed by atoms with Crippen molar-refractivity contribution < 1.29 is 18.5 Å². The van der Waals surface area contributed by atoms with Crippen molar-refractivity contribution in [1.29, 1.82) is 0 Å². The van der Waals surface area contributed by atoms with Crippen LogP contribution in [0.15, 0.2) is 40.9 Å². The third-order valence-corrected chi connectivity index (χ3v) is 4.92. The Labute approximate surface area is 182 Å². The lowest BCUT2D eigenvalue weighted by Crippen LogP contribution is -2.24. The van der Waals surface area contributed by atoms with E-state index in [4.69, 9.17) is 27.7 Å². The minimum absolute atomic E-state index is 0.00485. The minimum Gasteiger partial charge on any atom is -0.360 e. The smallest absolute Gasteiger partial charge is 0.261 e. The zero-order valence-corrected chi connectivity index (χ0v) is 17.7. The maximum Gasteiger partial charge on any atom is 0.261 e. The predicted molar refractivity (Wildman–Crippen MR) is 114 cm³/mol. The maximum absolute atomic E-state index is 14.3. The molecule has 0 saturated heterocycles. The molecule has 6 nitrogen and oxygen atoms in total. The number of benzene rings is 2. The molecule has 3 aromatic rings. The lowest BCUT2D eigenvalue weighted by Gasteiger charge is -2.10. The number of halogens is 3. The minimum atomic E-state index is -0.629. The number of carbonyl (C=O) groups excluding carboxylic acids is 2. The van der Waals surface area contributed by atoms with Crippen molar-refractivity contribution in [3.05, 3.63) is 69.1 Å². The molecule has 2 N–H and O–H groups in total. The molecule has 0 radical (unpaired) electrons. The molecule has 0 saturated carbocycles.